The van der Waals surface area contributed by atoms with E-state index in [2.05, 4.69) is 6.66 Å². The summed E-state index contributed by atoms with van der Waals surface area (Å²) in [7, 11) is 1.07. The van der Waals surface area contributed by atoms with Crippen molar-refractivity contribution < 1.29 is 4.74 Å². The van der Waals surface area contributed by atoms with E-state index < -0.39 is 0 Å². The summed E-state index contributed by atoms with van der Waals surface area (Å²) in [5.41, 5.74) is 5.34. The molecule has 0 aliphatic rings. The number of rotatable bonds is 8. The van der Waals surface area contributed by atoms with Crippen LogP contribution in [0.5, 0.6) is 0 Å². The third-order valence-electron chi connectivity index (χ3n) is 1.46. The SMILES string of the molecule is CPCCCOCCCCN. The van der Waals surface area contributed by atoms with E-state index in [0.29, 0.717) is 0 Å². The highest BCUT2D eigenvalue weighted by Crippen LogP contribution is 2.03. The second kappa shape index (κ2) is 10.3. The minimum absolute atomic E-state index is 0.791. The summed E-state index contributed by atoms with van der Waals surface area (Å²) < 4.78 is 5.39. The summed E-state index contributed by atoms with van der Waals surface area (Å²) in [5.74, 6) is 0. The Balaban J connectivity index is 2.69. The molecule has 0 rings (SSSR count). The fourth-order valence-electron chi connectivity index (χ4n) is 0.802. The van der Waals surface area contributed by atoms with Crippen molar-refractivity contribution in [1.82, 2.24) is 0 Å². The largest absolute Gasteiger partial charge is 0.381 e. The Kier molecular flexibility index (Phi) is 10.7. The van der Waals surface area contributed by atoms with Gasteiger partial charge in [0.2, 0.25) is 0 Å². The van der Waals surface area contributed by atoms with Crippen LogP contribution in [0.2, 0.25) is 0 Å². The van der Waals surface area contributed by atoms with Crippen LogP contribution in [0, 0.1) is 0 Å². The lowest BCUT2D eigenvalue weighted by Gasteiger charge is -2.01. The van der Waals surface area contributed by atoms with Crippen molar-refractivity contribution in [2.75, 3.05) is 32.6 Å². The molecular formula is C8H20NOP. The van der Waals surface area contributed by atoms with Gasteiger partial charge in [0.1, 0.15) is 0 Å². The molecule has 0 aliphatic carbocycles. The highest BCUT2D eigenvalue weighted by molar-refractivity contribution is 7.36. The second-order valence-electron chi connectivity index (χ2n) is 2.57. The van der Waals surface area contributed by atoms with E-state index in [1.165, 1.54) is 12.6 Å². The van der Waals surface area contributed by atoms with Gasteiger partial charge in [-0.25, -0.2) is 0 Å². The molecule has 11 heavy (non-hydrogen) atoms. The Morgan fingerprint density at radius 1 is 1.18 bits per heavy atom. The normalized spacial score (nSPS) is 11.5. The molecular weight excluding hydrogens is 157 g/mol. The topological polar surface area (TPSA) is 35.2 Å². The first-order valence-corrected chi connectivity index (χ1v) is 6.05. The smallest absolute Gasteiger partial charge is 0.0469 e. The van der Waals surface area contributed by atoms with Crippen molar-refractivity contribution >= 4 is 8.58 Å². The lowest BCUT2D eigenvalue weighted by molar-refractivity contribution is 0.132. The van der Waals surface area contributed by atoms with E-state index >= 15 is 0 Å². The predicted octanol–water partition coefficient (Wildman–Crippen LogP) is 1.44. The fourth-order valence-corrected chi connectivity index (χ4v) is 1.30. The zero-order valence-electron chi connectivity index (χ0n) is 7.44. The molecule has 0 aromatic heterocycles. The zero-order chi connectivity index (χ0) is 8.36. The maximum Gasteiger partial charge on any atom is 0.0469 e. The van der Waals surface area contributed by atoms with Crippen molar-refractivity contribution in [2.24, 2.45) is 5.73 Å². The maximum atomic E-state index is 5.39. The second-order valence-corrected chi connectivity index (χ2v) is 3.77. The van der Waals surface area contributed by atoms with Crippen molar-refractivity contribution in [1.29, 1.82) is 0 Å². The summed E-state index contributed by atoms with van der Waals surface area (Å²) in [6.07, 6.45) is 4.74. The molecule has 0 aliphatic heterocycles. The Hall–Kier alpha value is 0.350. The molecule has 1 unspecified atom stereocenters. The van der Waals surface area contributed by atoms with Crippen LogP contribution < -0.4 is 5.73 Å². The fraction of sp³-hybridized carbons (Fsp3) is 1.00. The van der Waals surface area contributed by atoms with Crippen LogP contribution in [-0.4, -0.2) is 32.6 Å². The Labute approximate surface area is 71.7 Å². The van der Waals surface area contributed by atoms with Crippen molar-refractivity contribution in [2.45, 2.75) is 19.3 Å². The van der Waals surface area contributed by atoms with Crippen LogP contribution in [-0.2, 0) is 4.74 Å². The Morgan fingerprint density at radius 3 is 2.55 bits per heavy atom. The van der Waals surface area contributed by atoms with E-state index in [1.807, 2.05) is 0 Å². The molecule has 0 saturated carbocycles. The van der Waals surface area contributed by atoms with Gasteiger partial charge >= 0.3 is 0 Å². The molecule has 0 radical (unpaired) electrons. The van der Waals surface area contributed by atoms with Crippen LogP contribution in [0.4, 0.5) is 0 Å². The first-order valence-electron chi connectivity index (χ1n) is 4.34. The van der Waals surface area contributed by atoms with Crippen molar-refractivity contribution in [3.05, 3.63) is 0 Å². The number of hydrogen-bond donors (Lipinski definition) is 1. The number of unbranched alkanes of at least 4 members (excludes halogenated alkanes) is 1. The van der Waals surface area contributed by atoms with Crippen LogP contribution in [0.15, 0.2) is 0 Å². The molecule has 0 aromatic rings. The van der Waals surface area contributed by atoms with Gasteiger partial charge in [0.15, 0.2) is 0 Å². The summed E-state index contributed by atoms with van der Waals surface area (Å²) in [6.45, 7) is 4.85. The number of ether oxygens (including phenoxy) is 1. The average Bonchev–Trinajstić information content (AvgIpc) is 2.03. The van der Waals surface area contributed by atoms with Gasteiger partial charge in [-0.05, 0) is 38.6 Å². The zero-order valence-corrected chi connectivity index (χ0v) is 8.44. The Bertz CT molecular complexity index is 63.1. The first kappa shape index (κ1) is 11.4. The van der Waals surface area contributed by atoms with Crippen LogP contribution >= 0.6 is 8.58 Å². The number of nitrogens with two attached hydrogens (primary N) is 1. The molecule has 0 saturated heterocycles. The van der Waals surface area contributed by atoms with Gasteiger partial charge in [-0.1, -0.05) is 0 Å². The third kappa shape index (κ3) is 10.4. The predicted molar refractivity (Wildman–Crippen MR) is 52.8 cm³/mol. The van der Waals surface area contributed by atoms with Crippen molar-refractivity contribution in [3.8, 4) is 0 Å². The lowest BCUT2D eigenvalue weighted by atomic mass is 10.3. The summed E-state index contributed by atoms with van der Waals surface area (Å²) in [6, 6.07) is 0. The van der Waals surface area contributed by atoms with Gasteiger partial charge in [-0.3, -0.25) is 0 Å². The summed E-state index contributed by atoms with van der Waals surface area (Å²) in [4.78, 5) is 0. The molecule has 1 atom stereocenters. The molecule has 0 fully saturated rings. The standard InChI is InChI=1S/C8H20NOP/c1-11-8-4-7-10-6-3-2-5-9/h11H,2-9H2,1H3. The molecule has 0 aromatic carbocycles. The highest BCUT2D eigenvalue weighted by Gasteiger charge is 1.88. The van der Waals surface area contributed by atoms with Gasteiger partial charge in [-0.15, -0.1) is 8.58 Å². The van der Waals surface area contributed by atoms with E-state index in [0.717, 1.165) is 41.2 Å². The quantitative estimate of drug-likeness (QED) is 0.450. The molecule has 2 nitrogen and oxygen atoms in total. The molecule has 3 heteroatoms. The van der Waals surface area contributed by atoms with Crippen LogP contribution in [0.25, 0.3) is 0 Å². The highest BCUT2D eigenvalue weighted by atomic mass is 31.1. The maximum absolute atomic E-state index is 5.39. The van der Waals surface area contributed by atoms with Gasteiger partial charge < -0.3 is 10.5 Å². The molecule has 0 amide bonds. The average molecular weight is 177 g/mol. The summed E-state index contributed by atoms with van der Waals surface area (Å²) in [5, 5.41) is 0. The van der Waals surface area contributed by atoms with Crippen LogP contribution in [0.1, 0.15) is 19.3 Å². The van der Waals surface area contributed by atoms with Gasteiger partial charge in [0.05, 0.1) is 0 Å². The minimum atomic E-state index is 0.791. The molecule has 0 bridgehead atoms. The van der Waals surface area contributed by atoms with Crippen molar-refractivity contribution in [3.63, 3.8) is 0 Å². The number of hydrogen-bond acceptors (Lipinski definition) is 2. The Morgan fingerprint density at radius 2 is 1.91 bits per heavy atom. The minimum Gasteiger partial charge on any atom is -0.381 e. The van der Waals surface area contributed by atoms with Gasteiger partial charge in [0, 0.05) is 13.2 Å². The molecule has 2 N–H and O–H groups in total. The molecule has 68 valence electrons. The lowest BCUT2D eigenvalue weighted by Crippen LogP contribution is -2.02. The van der Waals surface area contributed by atoms with E-state index in [-0.39, 0.29) is 0 Å². The van der Waals surface area contributed by atoms with Gasteiger partial charge in [0.25, 0.3) is 0 Å². The van der Waals surface area contributed by atoms with Gasteiger partial charge in [-0.2, -0.15) is 0 Å². The summed E-state index contributed by atoms with van der Waals surface area (Å²) >= 11 is 0. The third-order valence-corrected chi connectivity index (χ3v) is 2.31. The molecule has 0 spiro atoms. The molecule has 0 heterocycles. The van der Waals surface area contributed by atoms with E-state index in [9.17, 15) is 0 Å². The first-order chi connectivity index (χ1) is 5.41. The van der Waals surface area contributed by atoms with E-state index in [4.69, 9.17) is 10.5 Å². The monoisotopic (exact) mass is 177 g/mol. The van der Waals surface area contributed by atoms with E-state index in [1.54, 1.807) is 0 Å². The van der Waals surface area contributed by atoms with Crippen LogP contribution in [0.3, 0.4) is 0 Å².